The Morgan fingerprint density at radius 1 is 0.545 bits per heavy atom. The first kappa shape index (κ1) is 39.7. The van der Waals surface area contributed by atoms with Gasteiger partial charge in [0.1, 0.15) is 36.3 Å². The first-order valence-electron chi connectivity index (χ1n) is 14.1. The van der Waals surface area contributed by atoms with E-state index in [4.69, 9.17) is 21.7 Å². The average Bonchev–Trinajstić information content (AvgIpc) is 2.93. The van der Waals surface area contributed by atoms with Gasteiger partial charge in [0.2, 0.25) is 35.4 Å². The van der Waals surface area contributed by atoms with Gasteiger partial charge in [0.05, 0.1) is 6.04 Å². The minimum Gasteiger partial charge on any atom is -0.481 e. The average molecular weight is 631 g/mol. The van der Waals surface area contributed by atoms with Gasteiger partial charge in [-0.2, -0.15) is 0 Å². The molecule has 250 valence electrons. The number of carboxylic acid groups (broad SMARTS) is 2. The molecule has 6 amide bonds. The summed E-state index contributed by atoms with van der Waals surface area (Å²) in [6.45, 7) is 6.95. The normalized spacial score (nSPS) is 15.5. The molecule has 0 aliphatic carbocycles. The highest BCUT2D eigenvalue weighted by Crippen LogP contribution is 2.04. The molecule has 0 aliphatic rings. The molecule has 44 heavy (non-hydrogen) atoms. The summed E-state index contributed by atoms with van der Waals surface area (Å²) in [7, 11) is 0. The second-order valence-corrected chi connectivity index (χ2v) is 10.4. The fourth-order valence-electron chi connectivity index (χ4n) is 3.46. The fraction of sp³-hybridized carbons (Fsp3) is 0.692. The predicted octanol–water partition coefficient (Wildman–Crippen LogP) is -3.60. The number of nitrogens with one attached hydrogen (secondary N) is 6. The van der Waals surface area contributed by atoms with E-state index in [0.29, 0.717) is 19.4 Å². The van der Waals surface area contributed by atoms with Gasteiger partial charge in [-0.3, -0.25) is 38.4 Å². The van der Waals surface area contributed by atoms with Crippen molar-refractivity contribution in [2.75, 3.05) is 6.54 Å². The molecule has 0 aromatic carbocycles. The number of hydrogen-bond acceptors (Lipinski definition) is 10. The van der Waals surface area contributed by atoms with Crippen molar-refractivity contribution in [3.8, 4) is 0 Å². The first-order chi connectivity index (χ1) is 20.4. The second kappa shape index (κ2) is 19.8. The summed E-state index contributed by atoms with van der Waals surface area (Å²) in [4.78, 5) is 97.2. The summed E-state index contributed by atoms with van der Waals surface area (Å²) < 4.78 is 0. The van der Waals surface area contributed by atoms with Crippen molar-refractivity contribution in [2.24, 2.45) is 11.5 Å². The highest BCUT2D eigenvalue weighted by Gasteiger charge is 2.29. The molecule has 0 aromatic heterocycles. The van der Waals surface area contributed by atoms with Crippen LogP contribution >= 0.6 is 0 Å². The van der Waals surface area contributed by atoms with Crippen LogP contribution in [0.15, 0.2) is 0 Å². The van der Waals surface area contributed by atoms with E-state index in [2.05, 4.69) is 31.9 Å². The molecule has 0 heterocycles. The molecule has 0 radical (unpaired) electrons. The zero-order valence-corrected chi connectivity index (χ0v) is 25.6. The molecule has 0 saturated heterocycles. The third kappa shape index (κ3) is 15.2. The number of amides is 6. The van der Waals surface area contributed by atoms with Gasteiger partial charge in [-0.1, -0.05) is 0 Å². The van der Waals surface area contributed by atoms with Gasteiger partial charge in [0.15, 0.2) is 0 Å². The van der Waals surface area contributed by atoms with Crippen LogP contribution in [-0.4, -0.2) is 106 Å². The van der Waals surface area contributed by atoms with E-state index >= 15 is 0 Å². The summed E-state index contributed by atoms with van der Waals surface area (Å²) >= 11 is 0. The maximum absolute atomic E-state index is 12.7. The molecule has 18 nitrogen and oxygen atoms in total. The number of nitrogens with two attached hydrogens (primary N) is 2. The van der Waals surface area contributed by atoms with Gasteiger partial charge >= 0.3 is 11.9 Å². The molecule has 0 aromatic rings. The highest BCUT2D eigenvalue weighted by atomic mass is 16.4. The van der Waals surface area contributed by atoms with E-state index in [-0.39, 0.29) is 12.8 Å². The third-order valence-electron chi connectivity index (χ3n) is 6.26. The molecule has 0 spiro atoms. The van der Waals surface area contributed by atoms with Crippen molar-refractivity contribution in [1.29, 1.82) is 0 Å². The molecule has 0 bridgehead atoms. The van der Waals surface area contributed by atoms with Crippen molar-refractivity contribution in [2.45, 2.75) is 109 Å². The van der Waals surface area contributed by atoms with Crippen LogP contribution in [0.3, 0.4) is 0 Å². The summed E-state index contributed by atoms with van der Waals surface area (Å²) in [6, 6.07) is -8.10. The molecule has 12 N–H and O–H groups in total. The minimum atomic E-state index is -1.28. The monoisotopic (exact) mass is 630 g/mol. The zero-order valence-electron chi connectivity index (χ0n) is 25.6. The largest absolute Gasteiger partial charge is 0.481 e. The van der Waals surface area contributed by atoms with Crippen molar-refractivity contribution >= 4 is 47.4 Å². The van der Waals surface area contributed by atoms with Crippen molar-refractivity contribution in [1.82, 2.24) is 31.9 Å². The molecule has 0 fully saturated rings. The van der Waals surface area contributed by atoms with E-state index in [9.17, 15) is 38.4 Å². The molecule has 0 aliphatic heterocycles. The van der Waals surface area contributed by atoms with Gasteiger partial charge in [-0.05, 0) is 66.8 Å². The van der Waals surface area contributed by atoms with Crippen LogP contribution < -0.4 is 43.4 Å². The Labute approximate surface area is 255 Å². The number of carbonyl (C=O) groups is 8. The van der Waals surface area contributed by atoms with Crippen LogP contribution in [0.5, 0.6) is 0 Å². The maximum Gasteiger partial charge on any atom is 0.325 e. The summed E-state index contributed by atoms with van der Waals surface area (Å²) in [5.74, 6) is -7.03. The molecule has 18 heteroatoms. The number of carbonyl (C=O) groups excluding carboxylic acids is 6. The van der Waals surface area contributed by atoms with Crippen molar-refractivity contribution in [3.05, 3.63) is 0 Å². The smallest absolute Gasteiger partial charge is 0.325 e. The summed E-state index contributed by atoms with van der Waals surface area (Å²) in [5, 5.41) is 32.2. The van der Waals surface area contributed by atoms with Gasteiger partial charge in [0.25, 0.3) is 0 Å². The molecule has 0 saturated carbocycles. The SMILES string of the molecule is C[C@H](N)C(=O)N[C@@H](CCC(=O)O)C(=O)N[C@@H](C)C(=O)N[C@@H](C)C(=O)N[C@@H](C)C(=O)N[C@@H](CCCCN)C(=O)N[C@@H](C)C(=O)O. The quantitative estimate of drug-likeness (QED) is 0.0584. The van der Waals surface area contributed by atoms with E-state index in [1.165, 1.54) is 34.6 Å². The van der Waals surface area contributed by atoms with Crippen LogP contribution in [0.4, 0.5) is 0 Å². The fourth-order valence-corrected chi connectivity index (χ4v) is 3.46. The minimum absolute atomic E-state index is 0.171. The number of aliphatic carboxylic acids is 2. The highest BCUT2D eigenvalue weighted by molar-refractivity contribution is 5.96. The molecule has 7 atom stereocenters. The Morgan fingerprint density at radius 3 is 1.34 bits per heavy atom. The Morgan fingerprint density at radius 2 is 0.932 bits per heavy atom. The van der Waals surface area contributed by atoms with Crippen LogP contribution in [0.2, 0.25) is 0 Å². The third-order valence-corrected chi connectivity index (χ3v) is 6.26. The van der Waals surface area contributed by atoms with E-state index < -0.39 is 96.1 Å². The van der Waals surface area contributed by atoms with E-state index in [1.807, 2.05) is 0 Å². The van der Waals surface area contributed by atoms with Crippen molar-refractivity contribution in [3.63, 3.8) is 0 Å². The number of rotatable bonds is 20. The Bertz CT molecular complexity index is 1050. The van der Waals surface area contributed by atoms with Gasteiger partial charge in [0, 0.05) is 6.42 Å². The standard InChI is InChI=1S/C26H46N8O10/c1-12(28)20(37)33-18(9-10-19(35)36)25(42)31-14(3)22(39)29-13(2)21(38)30-15(4)23(40)34-17(8-6-7-11-27)24(41)32-16(5)26(43)44/h12-18H,6-11,27-28H2,1-5H3,(H,29,39)(H,30,38)(H,31,42)(H,32,41)(H,33,37)(H,34,40)(H,35,36)(H,43,44)/t12-,13-,14-,15-,16-,17-,18-/m0/s1. The molecule has 0 rings (SSSR count). The first-order valence-corrected chi connectivity index (χ1v) is 14.1. The lowest BCUT2D eigenvalue weighted by molar-refractivity contribution is -0.142. The number of hydrogen-bond donors (Lipinski definition) is 10. The predicted molar refractivity (Wildman–Crippen MR) is 155 cm³/mol. The lowest BCUT2D eigenvalue weighted by Crippen LogP contribution is -2.58. The number of unbranched alkanes of at least 4 members (excludes halogenated alkanes) is 1. The lowest BCUT2D eigenvalue weighted by Gasteiger charge is -2.24. The van der Waals surface area contributed by atoms with Gasteiger partial charge in [-0.15, -0.1) is 0 Å². The van der Waals surface area contributed by atoms with Crippen LogP contribution in [-0.2, 0) is 38.4 Å². The topological polar surface area (TPSA) is 301 Å². The van der Waals surface area contributed by atoms with Crippen LogP contribution in [0.25, 0.3) is 0 Å². The van der Waals surface area contributed by atoms with Gasteiger partial charge in [-0.25, -0.2) is 0 Å². The lowest BCUT2D eigenvalue weighted by atomic mass is 10.1. The van der Waals surface area contributed by atoms with Crippen LogP contribution in [0.1, 0.15) is 66.7 Å². The summed E-state index contributed by atoms with van der Waals surface area (Å²) in [6.07, 6.45) is 0.487. The maximum atomic E-state index is 12.7. The van der Waals surface area contributed by atoms with Crippen molar-refractivity contribution < 1.29 is 48.6 Å². The summed E-state index contributed by atoms with van der Waals surface area (Å²) in [5.41, 5.74) is 11.0. The van der Waals surface area contributed by atoms with Gasteiger partial charge < -0.3 is 53.6 Å². The number of carboxylic acids is 2. The Kier molecular flexibility index (Phi) is 17.8. The Balaban J connectivity index is 5.18. The molecule has 0 unspecified atom stereocenters. The zero-order chi connectivity index (χ0) is 34.1. The van der Waals surface area contributed by atoms with E-state index in [0.717, 1.165) is 0 Å². The molecular formula is C26H46N8O10. The second-order valence-electron chi connectivity index (χ2n) is 10.4. The van der Waals surface area contributed by atoms with Crippen LogP contribution in [0, 0.1) is 0 Å². The Hall–Kier alpha value is -4.32. The molecular weight excluding hydrogens is 584 g/mol. The van der Waals surface area contributed by atoms with E-state index in [1.54, 1.807) is 0 Å².